The fraction of sp³-hybridized carbons (Fsp3) is 0.714. The maximum Gasteiger partial charge on any atom is 0.146 e. The molecule has 0 aromatic heterocycles. The molecule has 0 radical (unpaired) electrons. The van der Waals surface area contributed by atoms with Crippen LogP contribution in [-0.4, -0.2) is 20.5 Å². The van der Waals surface area contributed by atoms with Gasteiger partial charge in [-0.05, 0) is 16.9 Å². The van der Waals surface area contributed by atoms with Crippen molar-refractivity contribution in [3.05, 3.63) is 10.2 Å². The maximum atomic E-state index is 5.07. The van der Waals surface area contributed by atoms with Crippen molar-refractivity contribution in [2.24, 2.45) is 0 Å². The Hall–Kier alpha value is 0.390. The van der Waals surface area contributed by atoms with Gasteiger partial charge in [0.05, 0.1) is 0 Å². The van der Waals surface area contributed by atoms with Crippen molar-refractivity contribution in [2.45, 2.75) is 12.8 Å². The van der Waals surface area contributed by atoms with Crippen LogP contribution < -0.4 is 0 Å². The van der Waals surface area contributed by atoms with Crippen LogP contribution in [-0.2, 0) is 9.47 Å². The summed E-state index contributed by atoms with van der Waals surface area (Å²) in [4.78, 5) is 0. The van der Waals surface area contributed by atoms with E-state index < -0.39 is 0 Å². The highest BCUT2D eigenvalue weighted by molar-refractivity contribution is 14.1. The summed E-state index contributed by atoms with van der Waals surface area (Å²) in [7, 11) is 1.63. The van der Waals surface area contributed by atoms with E-state index in [4.69, 9.17) is 9.47 Å². The molecule has 60 valence electrons. The van der Waals surface area contributed by atoms with Gasteiger partial charge in [-0.3, -0.25) is 0 Å². The first kappa shape index (κ1) is 10.4. The van der Waals surface area contributed by atoms with Gasteiger partial charge in [-0.1, -0.05) is 28.7 Å². The molecule has 0 saturated heterocycles. The molecule has 2 nitrogen and oxygen atoms in total. The van der Waals surface area contributed by atoms with Crippen LogP contribution in [0.4, 0.5) is 0 Å². The van der Waals surface area contributed by atoms with Crippen molar-refractivity contribution >= 4 is 22.6 Å². The van der Waals surface area contributed by atoms with E-state index in [1.807, 2.05) is 4.08 Å². The average molecular weight is 256 g/mol. The zero-order valence-corrected chi connectivity index (χ0v) is 8.34. The van der Waals surface area contributed by atoms with Gasteiger partial charge in [0.2, 0.25) is 0 Å². The number of ether oxygens (including phenoxy) is 2. The van der Waals surface area contributed by atoms with E-state index in [-0.39, 0.29) is 0 Å². The Bertz CT molecular complexity index is 83.7. The third-order valence-electron chi connectivity index (χ3n) is 0.950. The summed E-state index contributed by atoms with van der Waals surface area (Å²) >= 11 is 2.21. The Kier molecular flexibility index (Phi) is 9.76. The molecule has 0 aliphatic heterocycles. The van der Waals surface area contributed by atoms with E-state index >= 15 is 0 Å². The highest BCUT2D eigenvalue weighted by Gasteiger charge is 1.83. The highest BCUT2D eigenvalue weighted by Crippen LogP contribution is 1.94. The summed E-state index contributed by atoms with van der Waals surface area (Å²) in [5, 5.41) is 0. The molecule has 0 spiro atoms. The van der Waals surface area contributed by atoms with Crippen LogP contribution >= 0.6 is 22.6 Å². The smallest absolute Gasteiger partial charge is 0.146 e. The number of rotatable bonds is 6. The predicted octanol–water partition coefficient (Wildman–Crippen LogP) is 2.34. The van der Waals surface area contributed by atoms with Crippen LogP contribution in [0.1, 0.15) is 12.8 Å². The van der Waals surface area contributed by atoms with Gasteiger partial charge in [0.25, 0.3) is 0 Å². The topological polar surface area (TPSA) is 18.5 Å². The van der Waals surface area contributed by atoms with Crippen LogP contribution in [0.3, 0.4) is 0 Å². The first-order valence-electron chi connectivity index (χ1n) is 3.23. The molecule has 0 aromatic carbocycles. The molecule has 3 heteroatoms. The molecule has 0 aromatic rings. The van der Waals surface area contributed by atoms with E-state index in [1.54, 1.807) is 7.11 Å². The number of methoxy groups -OCH3 is 1. The van der Waals surface area contributed by atoms with Gasteiger partial charge in [0.15, 0.2) is 0 Å². The lowest BCUT2D eigenvalue weighted by atomic mass is 10.3. The fourth-order valence-electron chi connectivity index (χ4n) is 0.508. The number of hydrogen-bond donors (Lipinski definition) is 0. The minimum Gasteiger partial charge on any atom is -0.359 e. The van der Waals surface area contributed by atoms with Crippen LogP contribution in [0, 0.1) is 0 Å². The number of allylic oxidation sites excluding steroid dienone is 1. The van der Waals surface area contributed by atoms with Crippen molar-refractivity contribution in [1.29, 1.82) is 0 Å². The molecule has 0 atom stereocenters. The summed E-state index contributed by atoms with van der Waals surface area (Å²) in [6.07, 6.45) is 4.28. The third-order valence-corrected chi connectivity index (χ3v) is 1.46. The third kappa shape index (κ3) is 8.39. The Labute approximate surface area is 75.7 Å². The van der Waals surface area contributed by atoms with Gasteiger partial charge in [-0.25, -0.2) is 0 Å². The maximum absolute atomic E-state index is 5.07. The van der Waals surface area contributed by atoms with Crippen molar-refractivity contribution in [3.8, 4) is 0 Å². The zero-order valence-electron chi connectivity index (χ0n) is 6.18. The molecular formula is C7H13IO2. The van der Waals surface area contributed by atoms with Crippen LogP contribution in [0.5, 0.6) is 0 Å². The number of hydrogen-bond acceptors (Lipinski definition) is 2. The Balaban J connectivity index is 2.77. The Morgan fingerprint density at radius 2 is 2.30 bits per heavy atom. The van der Waals surface area contributed by atoms with Gasteiger partial charge < -0.3 is 9.47 Å². The van der Waals surface area contributed by atoms with Gasteiger partial charge in [0.1, 0.15) is 6.79 Å². The summed E-state index contributed by atoms with van der Waals surface area (Å²) in [6, 6.07) is 0. The Morgan fingerprint density at radius 1 is 1.50 bits per heavy atom. The SMILES string of the molecule is COCOCCC/C=C/I. The summed E-state index contributed by atoms with van der Waals surface area (Å²) in [6.45, 7) is 1.20. The minimum absolute atomic E-state index is 0.411. The first-order valence-corrected chi connectivity index (χ1v) is 4.48. The molecule has 0 rings (SSSR count). The molecule has 0 aliphatic rings. The largest absolute Gasteiger partial charge is 0.359 e. The first-order chi connectivity index (χ1) is 4.91. The standard InChI is InChI=1S/C7H13IO2/c1-9-7-10-6-4-2-3-5-8/h3,5H,2,4,6-7H2,1H3/b5-3+. The van der Waals surface area contributed by atoms with E-state index in [0.717, 1.165) is 19.4 Å². The summed E-state index contributed by atoms with van der Waals surface area (Å²) in [5.74, 6) is 0. The van der Waals surface area contributed by atoms with E-state index in [2.05, 4.69) is 28.7 Å². The molecule has 0 unspecified atom stereocenters. The van der Waals surface area contributed by atoms with Gasteiger partial charge in [-0.2, -0.15) is 0 Å². The fourth-order valence-corrected chi connectivity index (χ4v) is 0.868. The molecule has 0 N–H and O–H groups in total. The lowest BCUT2D eigenvalue weighted by molar-refractivity contribution is -0.0308. The highest BCUT2D eigenvalue weighted by atomic mass is 127. The Morgan fingerprint density at radius 3 is 2.90 bits per heavy atom. The second-order valence-electron chi connectivity index (χ2n) is 1.82. The van der Waals surface area contributed by atoms with E-state index in [1.165, 1.54) is 0 Å². The molecule has 0 saturated carbocycles. The molecular weight excluding hydrogens is 243 g/mol. The normalized spacial score (nSPS) is 11.0. The zero-order chi connectivity index (χ0) is 7.66. The second-order valence-corrected chi connectivity index (χ2v) is 2.54. The molecule has 0 bridgehead atoms. The number of unbranched alkanes of at least 4 members (excludes halogenated alkanes) is 1. The average Bonchev–Trinajstić information content (AvgIpc) is 1.97. The lowest BCUT2D eigenvalue weighted by Crippen LogP contribution is -1.97. The second kappa shape index (κ2) is 9.39. The predicted molar refractivity (Wildman–Crippen MR) is 50.2 cm³/mol. The van der Waals surface area contributed by atoms with Crippen LogP contribution in [0.2, 0.25) is 0 Å². The van der Waals surface area contributed by atoms with Gasteiger partial charge in [0, 0.05) is 13.7 Å². The van der Waals surface area contributed by atoms with Crippen LogP contribution in [0.15, 0.2) is 10.2 Å². The van der Waals surface area contributed by atoms with E-state index in [0.29, 0.717) is 6.79 Å². The monoisotopic (exact) mass is 256 g/mol. The van der Waals surface area contributed by atoms with Crippen LogP contribution in [0.25, 0.3) is 0 Å². The number of halogens is 1. The van der Waals surface area contributed by atoms with Crippen molar-refractivity contribution < 1.29 is 9.47 Å². The molecule has 0 heterocycles. The van der Waals surface area contributed by atoms with Crippen molar-refractivity contribution in [3.63, 3.8) is 0 Å². The van der Waals surface area contributed by atoms with Gasteiger partial charge in [-0.15, -0.1) is 0 Å². The lowest BCUT2D eigenvalue weighted by Gasteiger charge is -1.99. The minimum atomic E-state index is 0.411. The molecule has 0 amide bonds. The van der Waals surface area contributed by atoms with E-state index in [9.17, 15) is 0 Å². The van der Waals surface area contributed by atoms with Gasteiger partial charge >= 0.3 is 0 Å². The summed E-state index contributed by atoms with van der Waals surface area (Å²) < 4.78 is 11.8. The molecule has 0 aliphatic carbocycles. The summed E-state index contributed by atoms with van der Waals surface area (Å²) in [5.41, 5.74) is 0. The van der Waals surface area contributed by atoms with Crippen molar-refractivity contribution in [2.75, 3.05) is 20.5 Å². The molecule has 0 fully saturated rings. The molecule has 10 heavy (non-hydrogen) atoms. The quantitative estimate of drug-likeness (QED) is 0.412. The van der Waals surface area contributed by atoms with Crippen molar-refractivity contribution in [1.82, 2.24) is 0 Å².